The molecule has 2 unspecified atom stereocenters. The van der Waals surface area contributed by atoms with Crippen LogP contribution in [0, 0.1) is 17.7 Å². The Kier molecular flexibility index (Phi) is 6.27. The second-order valence-corrected chi connectivity index (χ2v) is 11.8. The monoisotopic (exact) mass is 541 g/mol. The molecule has 2 N–H and O–H groups in total. The molecule has 2 aromatic carbocycles. The average Bonchev–Trinajstić information content (AvgIpc) is 3.19. The van der Waals surface area contributed by atoms with Crippen molar-refractivity contribution in [2.45, 2.75) is 66.3 Å². The van der Waals surface area contributed by atoms with E-state index in [4.69, 9.17) is 5.73 Å². The van der Waals surface area contributed by atoms with Crippen LogP contribution in [0.2, 0.25) is 0 Å². The molecule has 198 valence electrons. The van der Waals surface area contributed by atoms with Crippen molar-refractivity contribution < 1.29 is 43.5 Å². The van der Waals surface area contributed by atoms with Crippen LogP contribution in [0.15, 0.2) is 47.4 Å². The van der Waals surface area contributed by atoms with Crippen LogP contribution in [0.4, 0.5) is 35.1 Å². The summed E-state index contributed by atoms with van der Waals surface area (Å²) in [5.74, 6) is -1.57. The highest BCUT2D eigenvalue weighted by Crippen LogP contribution is 2.61. The van der Waals surface area contributed by atoms with Gasteiger partial charge in [-0.2, -0.15) is 26.3 Å². The number of benzene rings is 2. The van der Waals surface area contributed by atoms with Crippen LogP contribution < -0.4 is 5.73 Å². The number of rotatable bonds is 4. The summed E-state index contributed by atoms with van der Waals surface area (Å²) in [7, 11) is -4.32. The van der Waals surface area contributed by atoms with Gasteiger partial charge in [0.25, 0.3) is 0 Å². The normalized spacial score (nSPS) is 25.8. The number of fused-ring (bicyclic) bond motifs is 3. The zero-order chi connectivity index (χ0) is 26.9. The molecule has 0 aromatic heterocycles. The predicted octanol–water partition coefficient (Wildman–Crippen LogP) is 6.10. The number of nitrogens with two attached hydrogens (primary N) is 1. The van der Waals surface area contributed by atoms with Crippen molar-refractivity contribution >= 4 is 9.84 Å². The maximum Gasteiger partial charge on any atom is 0.435 e. The molecule has 3 nitrogen and oxygen atoms in total. The quantitative estimate of drug-likeness (QED) is 0.376. The second-order valence-electron chi connectivity index (χ2n) is 9.58. The summed E-state index contributed by atoms with van der Waals surface area (Å²) < 4.78 is 135. The van der Waals surface area contributed by atoms with Gasteiger partial charge in [0, 0.05) is 11.6 Å². The number of aryl methyl sites for hydroxylation is 1. The summed E-state index contributed by atoms with van der Waals surface area (Å²) in [6.07, 6.45) is -12.2. The minimum absolute atomic E-state index is 0.00917. The Morgan fingerprint density at radius 2 is 1.53 bits per heavy atom. The van der Waals surface area contributed by atoms with Gasteiger partial charge in [0.2, 0.25) is 0 Å². The molecule has 1 saturated carbocycles. The summed E-state index contributed by atoms with van der Waals surface area (Å²) in [5.41, 5.74) is -1.24. The number of hydrogen-bond donors (Lipinski definition) is 1. The molecule has 0 spiro atoms. The Balaban J connectivity index is 1.96. The lowest BCUT2D eigenvalue weighted by Crippen LogP contribution is -2.51. The van der Waals surface area contributed by atoms with Crippen LogP contribution in [-0.4, -0.2) is 26.8 Å². The minimum Gasteiger partial charge on any atom is -0.328 e. The van der Waals surface area contributed by atoms with Gasteiger partial charge in [-0.3, -0.25) is 0 Å². The third-order valence-corrected chi connectivity index (χ3v) is 10.3. The van der Waals surface area contributed by atoms with Crippen molar-refractivity contribution in [2.24, 2.45) is 17.6 Å². The first-order valence-electron chi connectivity index (χ1n) is 11.2. The highest BCUT2D eigenvalue weighted by atomic mass is 32.2. The van der Waals surface area contributed by atoms with Crippen molar-refractivity contribution in [3.8, 4) is 0 Å². The predicted molar refractivity (Wildman–Crippen MR) is 115 cm³/mol. The van der Waals surface area contributed by atoms with Crippen LogP contribution >= 0.6 is 0 Å². The molecule has 2 aliphatic carbocycles. The Morgan fingerprint density at radius 3 is 2.06 bits per heavy atom. The third-order valence-electron chi connectivity index (χ3n) is 7.71. The van der Waals surface area contributed by atoms with E-state index in [-0.39, 0.29) is 41.2 Å². The van der Waals surface area contributed by atoms with E-state index in [1.807, 2.05) is 0 Å². The fraction of sp³-hybridized carbons (Fsp3) is 0.500. The number of halogens is 8. The van der Waals surface area contributed by atoms with Gasteiger partial charge in [-0.25, -0.2) is 17.2 Å². The van der Waals surface area contributed by atoms with Crippen molar-refractivity contribution in [3.63, 3.8) is 0 Å². The topological polar surface area (TPSA) is 60.2 Å². The van der Waals surface area contributed by atoms with E-state index in [0.29, 0.717) is 18.6 Å². The molecule has 0 heterocycles. The average molecular weight is 542 g/mol. The molecular weight excluding hydrogens is 518 g/mol. The van der Waals surface area contributed by atoms with Gasteiger partial charge in [-0.15, -0.1) is 0 Å². The number of alkyl halides is 7. The van der Waals surface area contributed by atoms with Gasteiger partial charge in [0.15, 0.2) is 9.84 Å². The third kappa shape index (κ3) is 3.66. The molecule has 0 aliphatic heterocycles. The van der Waals surface area contributed by atoms with Crippen molar-refractivity contribution in [2.75, 3.05) is 0 Å². The Labute approximate surface area is 202 Å². The first kappa shape index (κ1) is 26.8. The van der Waals surface area contributed by atoms with Crippen LogP contribution in [0.5, 0.6) is 0 Å². The molecule has 2 aliphatic rings. The van der Waals surface area contributed by atoms with Gasteiger partial charge in [0.05, 0.1) is 4.90 Å². The highest BCUT2D eigenvalue weighted by molar-refractivity contribution is 7.92. The molecule has 4 rings (SSSR count). The summed E-state index contributed by atoms with van der Waals surface area (Å²) in [6, 6.07) is 5.32. The second kappa shape index (κ2) is 8.41. The zero-order valence-corrected chi connectivity index (χ0v) is 19.7. The van der Waals surface area contributed by atoms with Crippen LogP contribution in [0.1, 0.15) is 42.9 Å². The standard InChI is InChI=1S/C24H23F8NO2S/c1-13(33)18-10-11-21(36(34,35)17-6-4-16(25)5-7-17)19-9-3-15(12-14(19)2-8-20(18)21)22(26,23(27,28)29)24(30,31)32/h3-7,9,12-13,18,20H,2,8,10-11,33H2,1H3/t13?,18?,20-,21+/m0/s1. The fourth-order valence-corrected chi connectivity index (χ4v) is 8.54. The van der Waals surface area contributed by atoms with Crippen LogP contribution in [-0.2, 0) is 26.7 Å². The van der Waals surface area contributed by atoms with E-state index < -0.39 is 55.9 Å². The van der Waals surface area contributed by atoms with Crippen LogP contribution in [0.25, 0.3) is 0 Å². The van der Waals surface area contributed by atoms with E-state index >= 15 is 0 Å². The highest BCUT2D eigenvalue weighted by Gasteiger charge is 2.73. The lowest BCUT2D eigenvalue weighted by Gasteiger charge is -2.43. The zero-order valence-electron chi connectivity index (χ0n) is 18.9. The van der Waals surface area contributed by atoms with Gasteiger partial charge in [-0.05, 0) is 79.8 Å². The van der Waals surface area contributed by atoms with E-state index in [0.717, 1.165) is 30.3 Å². The largest absolute Gasteiger partial charge is 0.435 e. The van der Waals surface area contributed by atoms with Gasteiger partial charge >= 0.3 is 18.0 Å². The fourth-order valence-electron chi connectivity index (χ4n) is 6.05. The lowest BCUT2D eigenvalue weighted by molar-refractivity contribution is -0.348. The first-order valence-corrected chi connectivity index (χ1v) is 12.7. The van der Waals surface area contributed by atoms with E-state index in [1.54, 1.807) is 6.92 Å². The maximum absolute atomic E-state index is 14.8. The summed E-state index contributed by atoms with van der Waals surface area (Å²) in [5, 5.41) is 0. The van der Waals surface area contributed by atoms with Gasteiger partial charge < -0.3 is 5.73 Å². The number of hydrogen-bond acceptors (Lipinski definition) is 3. The van der Waals surface area contributed by atoms with Crippen molar-refractivity contribution in [1.82, 2.24) is 0 Å². The van der Waals surface area contributed by atoms with Gasteiger partial charge in [-0.1, -0.05) is 18.2 Å². The minimum atomic E-state index is -6.29. The van der Waals surface area contributed by atoms with Crippen LogP contribution in [0.3, 0.4) is 0 Å². The Hall–Kier alpha value is -2.21. The smallest absolute Gasteiger partial charge is 0.328 e. The molecule has 4 atom stereocenters. The van der Waals surface area contributed by atoms with Crippen molar-refractivity contribution in [3.05, 3.63) is 65.0 Å². The molecule has 0 bridgehead atoms. The van der Waals surface area contributed by atoms with E-state index in [9.17, 15) is 43.5 Å². The van der Waals surface area contributed by atoms with E-state index in [1.165, 1.54) is 0 Å². The molecule has 1 fully saturated rings. The van der Waals surface area contributed by atoms with Gasteiger partial charge in [0.1, 0.15) is 10.6 Å². The summed E-state index contributed by atoms with van der Waals surface area (Å²) >= 11 is 0. The molecule has 2 aromatic rings. The molecular formula is C24H23F8NO2S. The maximum atomic E-state index is 14.8. The molecule has 36 heavy (non-hydrogen) atoms. The first-order chi connectivity index (χ1) is 16.5. The molecule has 0 amide bonds. The molecule has 12 heteroatoms. The lowest BCUT2D eigenvalue weighted by atomic mass is 9.71. The summed E-state index contributed by atoms with van der Waals surface area (Å²) in [4.78, 5) is -0.235. The Bertz CT molecular complexity index is 1240. The molecule has 0 saturated heterocycles. The molecule has 0 radical (unpaired) electrons. The van der Waals surface area contributed by atoms with E-state index in [2.05, 4.69) is 0 Å². The van der Waals surface area contributed by atoms with Crippen molar-refractivity contribution in [1.29, 1.82) is 0 Å². The Morgan fingerprint density at radius 1 is 0.944 bits per heavy atom. The summed E-state index contributed by atoms with van der Waals surface area (Å²) in [6.45, 7) is 1.70. The SMILES string of the molecule is CC(N)C1CC[C@@]2(S(=O)(=O)c3ccc(F)cc3)c3ccc(C(F)(C(F)(F)F)C(F)(F)F)cc3CC[C@@H]12. The number of sulfone groups is 1.